The molecule has 20 heavy (non-hydrogen) atoms. The van der Waals surface area contributed by atoms with E-state index in [0.29, 0.717) is 6.54 Å². The quantitative estimate of drug-likeness (QED) is 0.666. The second kappa shape index (κ2) is 7.29. The van der Waals surface area contributed by atoms with Crippen molar-refractivity contribution in [3.63, 3.8) is 0 Å². The zero-order valence-corrected chi connectivity index (χ0v) is 11.4. The van der Waals surface area contributed by atoms with Gasteiger partial charge in [-0.1, -0.05) is 6.07 Å². The molecule has 1 amide bonds. The van der Waals surface area contributed by atoms with Crippen LogP contribution < -0.4 is 5.32 Å². The van der Waals surface area contributed by atoms with Gasteiger partial charge in [0.05, 0.1) is 0 Å². The first-order valence-corrected chi connectivity index (χ1v) is 6.83. The molecular formula is C15H18N4O. The molecule has 0 aromatic carbocycles. The molecule has 104 valence electrons. The number of nitriles is 1. The van der Waals surface area contributed by atoms with Crippen LogP contribution >= 0.6 is 0 Å². The number of likely N-dealkylation sites (tertiary alicyclic amines) is 1. The van der Waals surface area contributed by atoms with E-state index in [0.717, 1.165) is 37.9 Å². The lowest BCUT2D eigenvalue weighted by Crippen LogP contribution is -2.36. The van der Waals surface area contributed by atoms with Crippen LogP contribution in [0.1, 0.15) is 24.8 Å². The fourth-order valence-corrected chi connectivity index (χ4v) is 2.18. The molecule has 1 aromatic rings. The number of nitrogens with one attached hydrogen (secondary N) is 1. The third kappa shape index (κ3) is 3.82. The average molecular weight is 270 g/mol. The topological polar surface area (TPSA) is 69.0 Å². The normalized spacial score (nSPS) is 15.6. The summed E-state index contributed by atoms with van der Waals surface area (Å²) in [7, 11) is 0. The third-order valence-electron chi connectivity index (χ3n) is 3.27. The van der Waals surface area contributed by atoms with Gasteiger partial charge >= 0.3 is 0 Å². The van der Waals surface area contributed by atoms with Crippen LogP contribution in [0.15, 0.2) is 36.3 Å². The number of hydrogen-bond donors (Lipinski definition) is 1. The number of nitrogens with zero attached hydrogens (tertiary/aromatic N) is 3. The summed E-state index contributed by atoms with van der Waals surface area (Å²) in [5.41, 5.74) is 1.17. The summed E-state index contributed by atoms with van der Waals surface area (Å²) in [6.45, 7) is 2.05. The second-order valence-electron chi connectivity index (χ2n) is 4.76. The molecule has 1 saturated heterocycles. The Morgan fingerprint density at radius 1 is 1.45 bits per heavy atom. The Kier molecular flexibility index (Phi) is 5.13. The van der Waals surface area contributed by atoms with Crippen LogP contribution in [0.2, 0.25) is 0 Å². The molecule has 1 N–H and O–H groups in total. The van der Waals surface area contributed by atoms with Crippen molar-refractivity contribution in [3.8, 4) is 6.07 Å². The highest BCUT2D eigenvalue weighted by molar-refractivity contribution is 5.97. The highest BCUT2D eigenvalue weighted by atomic mass is 16.2. The van der Waals surface area contributed by atoms with E-state index in [1.54, 1.807) is 17.3 Å². The van der Waals surface area contributed by atoms with Crippen LogP contribution in [0.4, 0.5) is 0 Å². The van der Waals surface area contributed by atoms with E-state index < -0.39 is 0 Å². The Balaban J connectivity index is 1.92. The molecule has 0 spiro atoms. The van der Waals surface area contributed by atoms with Gasteiger partial charge in [-0.25, -0.2) is 0 Å². The summed E-state index contributed by atoms with van der Waals surface area (Å²) in [5.74, 6) is -0.175. The molecule has 1 aliphatic heterocycles. The largest absolute Gasteiger partial charge is 0.386 e. The van der Waals surface area contributed by atoms with Crippen molar-refractivity contribution in [1.82, 2.24) is 15.2 Å². The maximum Gasteiger partial charge on any atom is 0.265 e. The summed E-state index contributed by atoms with van der Waals surface area (Å²) < 4.78 is 0. The number of aromatic nitrogens is 1. The van der Waals surface area contributed by atoms with E-state index in [2.05, 4.69) is 10.3 Å². The number of hydrogen-bond acceptors (Lipinski definition) is 4. The molecular weight excluding hydrogens is 252 g/mol. The van der Waals surface area contributed by atoms with Gasteiger partial charge in [-0.3, -0.25) is 9.78 Å². The standard InChI is InChI=1S/C15H18N4O/c16-9-14(15(20)19-7-2-1-3-8-19)12-18-11-13-5-4-6-17-10-13/h4-6,10,12,18H,1-3,7-8,11H2/b14-12-. The molecule has 0 bridgehead atoms. The summed E-state index contributed by atoms with van der Waals surface area (Å²) in [6.07, 6.45) is 8.17. The Bertz CT molecular complexity index is 512. The van der Waals surface area contributed by atoms with Crippen LogP contribution in [0.3, 0.4) is 0 Å². The number of amides is 1. The van der Waals surface area contributed by atoms with Gasteiger partial charge in [-0.05, 0) is 30.9 Å². The van der Waals surface area contributed by atoms with Crippen LogP contribution in [0.25, 0.3) is 0 Å². The molecule has 0 atom stereocenters. The predicted molar refractivity (Wildman–Crippen MR) is 75.2 cm³/mol. The smallest absolute Gasteiger partial charge is 0.265 e. The van der Waals surface area contributed by atoms with Crippen molar-refractivity contribution in [2.75, 3.05) is 13.1 Å². The van der Waals surface area contributed by atoms with E-state index in [4.69, 9.17) is 5.26 Å². The molecule has 2 rings (SSSR count). The maximum absolute atomic E-state index is 12.2. The lowest BCUT2D eigenvalue weighted by atomic mass is 10.1. The first-order chi connectivity index (χ1) is 9.81. The minimum absolute atomic E-state index is 0.163. The molecule has 0 saturated carbocycles. The number of pyridine rings is 1. The molecule has 5 nitrogen and oxygen atoms in total. The van der Waals surface area contributed by atoms with Gasteiger partial charge in [-0.15, -0.1) is 0 Å². The molecule has 2 heterocycles. The predicted octanol–water partition coefficient (Wildman–Crippen LogP) is 1.59. The zero-order valence-electron chi connectivity index (χ0n) is 11.4. The van der Waals surface area contributed by atoms with Crippen LogP contribution in [-0.4, -0.2) is 28.9 Å². The van der Waals surface area contributed by atoms with Gasteiger partial charge in [0.2, 0.25) is 0 Å². The van der Waals surface area contributed by atoms with Crippen molar-refractivity contribution in [3.05, 3.63) is 41.9 Å². The monoisotopic (exact) mass is 270 g/mol. The Morgan fingerprint density at radius 3 is 2.90 bits per heavy atom. The van der Waals surface area contributed by atoms with Gasteiger partial charge in [0.15, 0.2) is 0 Å². The van der Waals surface area contributed by atoms with Crippen LogP contribution in [-0.2, 0) is 11.3 Å². The SMILES string of the molecule is N#C/C(=C/NCc1cccnc1)C(=O)N1CCCCC1. The molecule has 1 fully saturated rings. The van der Waals surface area contributed by atoms with Crippen molar-refractivity contribution in [2.24, 2.45) is 0 Å². The van der Waals surface area contributed by atoms with Crippen molar-refractivity contribution in [1.29, 1.82) is 5.26 Å². The highest BCUT2D eigenvalue weighted by Gasteiger charge is 2.19. The number of carbonyl (C=O) groups excluding carboxylic acids is 1. The van der Waals surface area contributed by atoms with Gasteiger partial charge in [-0.2, -0.15) is 5.26 Å². The van der Waals surface area contributed by atoms with E-state index in [-0.39, 0.29) is 11.5 Å². The van der Waals surface area contributed by atoms with Gasteiger partial charge < -0.3 is 10.2 Å². The first-order valence-electron chi connectivity index (χ1n) is 6.83. The second-order valence-corrected chi connectivity index (χ2v) is 4.76. The first kappa shape index (κ1) is 14.1. The molecule has 0 radical (unpaired) electrons. The summed E-state index contributed by atoms with van der Waals surface area (Å²) in [6, 6.07) is 5.77. The maximum atomic E-state index is 12.2. The fourth-order valence-electron chi connectivity index (χ4n) is 2.18. The van der Waals surface area contributed by atoms with Gasteiger partial charge in [0.25, 0.3) is 5.91 Å². The Labute approximate surface area is 118 Å². The molecule has 1 aliphatic rings. The van der Waals surface area contributed by atoms with Crippen molar-refractivity contribution < 1.29 is 4.79 Å². The lowest BCUT2D eigenvalue weighted by Gasteiger charge is -2.26. The fraction of sp³-hybridized carbons (Fsp3) is 0.400. The summed E-state index contributed by atoms with van der Waals surface area (Å²) >= 11 is 0. The minimum atomic E-state index is -0.175. The molecule has 0 unspecified atom stereocenters. The Hall–Kier alpha value is -2.35. The molecule has 5 heteroatoms. The van der Waals surface area contributed by atoms with Gasteiger partial charge in [0.1, 0.15) is 11.6 Å². The lowest BCUT2D eigenvalue weighted by molar-refractivity contribution is -0.127. The number of piperidine rings is 1. The number of carbonyl (C=O) groups is 1. The van der Waals surface area contributed by atoms with Crippen LogP contribution in [0.5, 0.6) is 0 Å². The molecule has 0 aliphatic carbocycles. The molecule has 1 aromatic heterocycles. The van der Waals surface area contributed by atoms with E-state index >= 15 is 0 Å². The summed E-state index contributed by atoms with van der Waals surface area (Å²) in [5, 5.41) is 12.1. The van der Waals surface area contributed by atoms with Crippen LogP contribution in [0, 0.1) is 11.3 Å². The van der Waals surface area contributed by atoms with Crippen molar-refractivity contribution in [2.45, 2.75) is 25.8 Å². The van der Waals surface area contributed by atoms with E-state index in [1.165, 1.54) is 6.20 Å². The zero-order chi connectivity index (χ0) is 14.2. The third-order valence-corrected chi connectivity index (χ3v) is 3.27. The van der Waals surface area contributed by atoms with Gasteiger partial charge in [0, 0.05) is 38.2 Å². The summed E-state index contributed by atoms with van der Waals surface area (Å²) in [4.78, 5) is 17.9. The van der Waals surface area contributed by atoms with Crippen molar-refractivity contribution >= 4 is 5.91 Å². The number of rotatable bonds is 4. The van der Waals surface area contributed by atoms with E-state index in [9.17, 15) is 4.79 Å². The Morgan fingerprint density at radius 2 is 2.25 bits per heavy atom. The highest BCUT2D eigenvalue weighted by Crippen LogP contribution is 2.11. The average Bonchev–Trinajstić information content (AvgIpc) is 2.53. The van der Waals surface area contributed by atoms with E-state index in [1.807, 2.05) is 18.2 Å². The minimum Gasteiger partial charge on any atom is -0.386 e.